The molecule has 1 amide bonds. The fourth-order valence-corrected chi connectivity index (χ4v) is 4.17. The third kappa shape index (κ3) is 2.09. The molecule has 1 saturated carbocycles. The maximum absolute atomic E-state index is 12.9. The van der Waals surface area contributed by atoms with Crippen molar-refractivity contribution >= 4 is 28.4 Å². The Hall–Kier alpha value is -1.65. The molecule has 1 aliphatic heterocycles. The first-order valence-electron chi connectivity index (χ1n) is 7.73. The molecule has 2 heterocycles. The number of pyridine rings is 1. The highest BCUT2D eigenvalue weighted by Gasteiger charge is 2.42. The molecule has 2 fully saturated rings. The highest BCUT2D eigenvalue weighted by molar-refractivity contribution is 6.36. The summed E-state index contributed by atoms with van der Waals surface area (Å²) in [5, 5.41) is 1.45. The highest BCUT2D eigenvalue weighted by Crippen LogP contribution is 2.38. The lowest BCUT2D eigenvalue weighted by Crippen LogP contribution is -2.33. The zero-order valence-corrected chi connectivity index (χ0v) is 13.0. The first kappa shape index (κ1) is 14.0. The smallest absolute Gasteiger partial charge is 0.256 e. The van der Waals surface area contributed by atoms with Crippen LogP contribution in [0.15, 0.2) is 30.5 Å². The zero-order chi connectivity index (χ0) is 15.3. The van der Waals surface area contributed by atoms with E-state index in [0.717, 1.165) is 31.3 Å². The Kier molecular flexibility index (Phi) is 3.31. The van der Waals surface area contributed by atoms with Crippen LogP contribution in [0.25, 0.3) is 10.9 Å². The molecule has 0 spiro atoms. The summed E-state index contributed by atoms with van der Waals surface area (Å²) < 4.78 is 0. The van der Waals surface area contributed by atoms with Crippen LogP contribution in [0.1, 0.15) is 23.2 Å². The number of carbonyl (C=O) groups excluding carboxylic acids is 1. The number of carbonyl (C=O) groups is 1. The average Bonchev–Trinajstić information content (AvgIpc) is 3.10. The van der Waals surface area contributed by atoms with E-state index in [4.69, 9.17) is 17.3 Å². The minimum absolute atomic E-state index is 0.0435. The molecule has 1 saturated heterocycles. The number of fused-ring (bicyclic) bond motifs is 2. The maximum Gasteiger partial charge on any atom is 0.256 e. The Morgan fingerprint density at radius 2 is 2.14 bits per heavy atom. The molecule has 1 aliphatic carbocycles. The second kappa shape index (κ2) is 5.21. The van der Waals surface area contributed by atoms with Crippen LogP contribution in [0.4, 0.5) is 0 Å². The number of likely N-dealkylation sites (tertiary alicyclic amines) is 1. The fraction of sp³-hybridized carbons (Fsp3) is 0.412. The van der Waals surface area contributed by atoms with Crippen LogP contribution in [-0.4, -0.2) is 34.9 Å². The van der Waals surface area contributed by atoms with Gasteiger partial charge in [-0.3, -0.25) is 9.78 Å². The molecule has 1 aromatic carbocycles. The number of benzene rings is 1. The van der Waals surface area contributed by atoms with E-state index < -0.39 is 0 Å². The lowest BCUT2D eigenvalue weighted by atomic mass is 9.98. The zero-order valence-electron chi connectivity index (χ0n) is 12.2. The maximum atomic E-state index is 12.9. The van der Waals surface area contributed by atoms with Gasteiger partial charge in [0.25, 0.3) is 5.91 Å². The minimum Gasteiger partial charge on any atom is -0.338 e. The predicted molar refractivity (Wildman–Crippen MR) is 86.8 cm³/mol. The molecule has 1 aromatic heterocycles. The predicted octanol–water partition coefficient (Wildman–Crippen LogP) is 2.70. The summed E-state index contributed by atoms with van der Waals surface area (Å²) in [6.07, 6.45) is 3.92. The van der Waals surface area contributed by atoms with Crippen molar-refractivity contribution in [3.63, 3.8) is 0 Å². The van der Waals surface area contributed by atoms with Gasteiger partial charge >= 0.3 is 0 Å². The van der Waals surface area contributed by atoms with Gasteiger partial charge in [-0.25, -0.2) is 0 Å². The second-order valence-electron chi connectivity index (χ2n) is 6.37. The van der Waals surface area contributed by atoms with Crippen LogP contribution in [0.2, 0.25) is 5.02 Å². The Morgan fingerprint density at radius 3 is 2.95 bits per heavy atom. The Labute approximate surface area is 134 Å². The van der Waals surface area contributed by atoms with Gasteiger partial charge in [-0.1, -0.05) is 11.6 Å². The summed E-state index contributed by atoms with van der Waals surface area (Å²) in [6, 6.07) is 7.54. The van der Waals surface area contributed by atoms with Gasteiger partial charge in [0, 0.05) is 30.7 Å². The van der Waals surface area contributed by atoms with Crippen LogP contribution in [-0.2, 0) is 0 Å². The quantitative estimate of drug-likeness (QED) is 0.880. The van der Waals surface area contributed by atoms with Crippen molar-refractivity contribution < 1.29 is 4.79 Å². The van der Waals surface area contributed by atoms with Gasteiger partial charge in [-0.15, -0.1) is 0 Å². The summed E-state index contributed by atoms with van der Waals surface area (Å²) in [5.74, 6) is 1.06. The molecule has 3 unspecified atom stereocenters. The number of hydrogen-bond donors (Lipinski definition) is 1. The Balaban J connectivity index is 1.68. The largest absolute Gasteiger partial charge is 0.338 e. The standard InChI is InChI=1S/C17H18ClN3O/c18-14-5-4-12(16-11(14)2-1-7-20-16)17(22)21-8-10-3-6-15(19)13(10)9-21/h1-2,4-5,7,10,13,15H,3,6,8-9,19H2. The van der Waals surface area contributed by atoms with E-state index in [0.29, 0.717) is 27.9 Å². The lowest BCUT2D eigenvalue weighted by molar-refractivity contribution is 0.0781. The van der Waals surface area contributed by atoms with Gasteiger partial charge in [-0.2, -0.15) is 0 Å². The van der Waals surface area contributed by atoms with E-state index in [1.165, 1.54) is 0 Å². The fourth-order valence-electron chi connectivity index (χ4n) is 3.95. The monoisotopic (exact) mass is 315 g/mol. The third-order valence-electron chi connectivity index (χ3n) is 5.15. The number of amides is 1. The Bertz CT molecular complexity index is 748. The Morgan fingerprint density at radius 1 is 1.27 bits per heavy atom. The average molecular weight is 316 g/mol. The van der Waals surface area contributed by atoms with Gasteiger partial charge in [0.15, 0.2) is 0 Å². The van der Waals surface area contributed by atoms with E-state index in [2.05, 4.69) is 4.98 Å². The molecule has 2 aliphatic rings. The minimum atomic E-state index is 0.0435. The van der Waals surface area contributed by atoms with Crippen LogP contribution in [0, 0.1) is 11.8 Å². The molecule has 0 bridgehead atoms. The number of nitrogens with two attached hydrogens (primary N) is 1. The molecule has 0 radical (unpaired) electrons. The molecule has 3 atom stereocenters. The third-order valence-corrected chi connectivity index (χ3v) is 5.48. The topological polar surface area (TPSA) is 59.2 Å². The first-order valence-corrected chi connectivity index (χ1v) is 8.11. The molecular weight excluding hydrogens is 298 g/mol. The van der Waals surface area contributed by atoms with E-state index in [1.54, 1.807) is 18.3 Å². The van der Waals surface area contributed by atoms with Crippen molar-refractivity contribution in [3.05, 3.63) is 41.0 Å². The summed E-state index contributed by atoms with van der Waals surface area (Å²) in [7, 11) is 0. The first-order chi connectivity index (χ1) is 10.6. The number of halogens is 1. The number of hydrogen-bond acceptors (Lipinski definition) is 3. The molecule has 2 N–H and O–H groups in total. The molecule has 4 nitrogen and oxygen atoms in total. The van der Waals surface area contributed by atoms with E-state index in [9.17, 15) is 4.79 Å². The molecule has 114 valence electrons. The van der Waals surface area contributed by atoms with E-state index >= 15 is 0 Å². The normalized spacial score (nSPS) is 27.4. The van der Waals surface area contributed by atoms with Gasteiger partial charge in [0.2, 0.25) is 0 Å². The van der Waals surface area contributed by atoms with Crippen LogP contribution >= 0.6 is 11.6 Å². The molecule has 2 aromatic rings. The summed E-state index contributed by atoms with van der Waals surface area (Å²) in [6.45, 7) is 1.58. The van der Waals surface area contributed by atoms with Crippen molar-refractivity contribution in [1.82, 2.24) is 9.88 Å². The SMILES string of the molecule is NC1CCC2CN(C(=O)c3ccc(Cl)c4cccnc34)CC12. The lowest BCUT2D eigenvalue weighted by Gasteiger charge is -2.19. The molecular formula is C17H18ClN3O. The number of nitrogens with zero attached hydrogens (tertiary/aromatic N) is 2. The van der Waals surface area contributed by atoms with Gasteiger partial charge in [0.1, 0.15) is 0 Å². The van der Waals surface area contributed by atoms with Crippen molar-refractivity contribution in [2.45, 2.75) is 18.9 Å². The van der Waals surface area contributed by atoms with Gasteiger partial charge < -0.3 is 10.6 Å². The number of aromatic nitrogens is 1. The van der Waals surface area contributed by atoms with Crippen molar-refractivity contribution in [2.24, 2.45) is 17.6 Å². The summed E-state index contributed by atoms with van der Waals surface area (Å²) in [5.41, 5.74) is 7.48. The summed E-state index contributed by atoms with van der Waals surface area (Å²) >= 11 is 6.21. The van der Waals surface area contributed by atoms with E-state index in [-0.39, 0.29) is 11.9 Å². The van der Waals surface area contributed by atoms with Crippen LogP contribution < -0.4 is 5.73 Å². The second-order valence-corrected chi connectivity index (χ2v) is 6.78. The van der Waals surface area contributed by atoms with Gasteiger partial charge in [0.05, 0.1) is 16.1 Å². The van der Waals surface area contributed by atoms with E-state index in [1.807, 2.05) is 17.0 Å². The van der Waals surface area contributed by atoms with Crippen LogP contribution in [0.5, 0.6) is 0 Å². The molecule has 4 rings (SSSR count). The molecule has 5 heteroatoms. The summed E-state index contributed by atoms with van der Waals surface area (Å²) in [4.78, 5) is 19.2. The number of rotatable bonds is 1. The molecule has 22 heavy (non-hydrogen) atoms. The van der Waals surface area contributed by atoms with Gasteiger partial charge in [-0.05, 0) is 48.9 Å². The van der Waals surface area contributed by atoms with Crippen LogP contribution in [0.3, 0.4) is 0 Å². The van der Waals surface area contributed by atoms with Crippen molar-refractivity contribution in [3.8, 4) is 0 Å². The van der Waals surface area contributed by atoms with Crippen molar-refractivity contribution in [2.75, 3.05) is 13.1 Å². The highest BCUT2D eigenvalue weighted by atomic mass is 35.5. The van der Waals surface area contributed by atoms with Crippen molar-refractivity contribution in [1.29, 1.82) is 0 Å².